The van der Waals surface area contributed by atoms with Gasteiger partial charge in [-0.15, -0.1) is 0 Å². The Morgan fingerprint density at radius 3 is 1.93 bits per heavy atom. The molecule has 1 fully saturated rings. The average molecular weight is 615 g/mol. The average Bonchev–Trinajstić information content (AvgIpc) is 3.00. The van der Waals surface area contributed by atoms with E-state index in [9.17, 15) is 20.1 Å². The summed E-state index contributed by atoms with van der Waals surface area (Å²) in [5.74, 6) is -0.445. The van der Waals surface area contributed by atoms with Crippen molar-refractivity contribution in [3.05, 3.63) is 12.2 Å². The van der Waals surface area contributed by atoms with Crippen molar-refractivity contribution in [3.63, 3.8) is 0 Å². The number of esters is 1. The molecule has 0 amide bonds. The summed E-state index contributed by atoms with van der Waals surface area (Å²) < 4.78 is 22.5. The highest BCUT2D eigenvalue weighted by molar-refractivity contribution is 5.69. The molecule has 0 bridgehead atoms. The SMILES string of the molecule is CCCCCC/C=C\CCCCCCCCCC(=O)O[C@@H]1[C@@H](OCC[C@H](CCCCCCC)OC)[C@H](O)[C@@H](CO)O[C@@H]1O. The molecule has 254 valence electrons. The van der Waals surface area contributed by atoms with E-state index in [0.29, 0.717) is 12.8 Å². The van der Waals surface area contributed by atoms with Gasteiger partial charge in [0.25, 0.3) is 0 Å². The summed E-state index contributed by atoms with van der Waals surface area (Å²) in [5, 5.41) is 30.9. The third kappa shape index (κ3) is 19.2. The van der Waals surface area contributed by atoms with Crippen LogP contribution in [0, 0.1) is 0 Å². The molecule has 1 rings (SSSR count). The summed E-state index contributed by atoms with van der Waals surface area (Å²) in [7, 11) is 1.69. The number of hydrogen-bond acceptors (Lipinski definition) is 8. The Balaban J connectivity index is 2.31. The van der Waals surface area contributed by atoms with E-state index >= 15 is 0 Å². The molecule has 0 radical (unpaired) electrons. The van der Waals surface area contributed by atoms with Crippen LogP contribution in [0.1, 0.15) is 149 Å². The number of hydrogen-bond donors (Lipinski definition) is 3. The molecule has 8 heteroatoms. The van der Waals surface area contributed by atoms with Gasteiger partial charge in [0.05, 0.1) is 12.7 Å². The monoisotopic (exact) mass is 614 g/mol. The number of carbonyl (C=O) groups is 1. The number of aliphatic hydroxyl groups is 3. The van der Waals surface area contributed by atoms with E-state index in [1.165, 1.54) is 83.5 Å². The Hall–Kier alpha value is -1.03. The molecular weight excluding hydrogens is 548 g/mol. The van der Waals surface area contributed by atoms with Crippen LogP contribution in [-0.2, 0) is 23.7 Å². The second-order valence-corrected chi connectivity index (χ2v) is 12.2. The molecule has 0 aromatic carbocycles. The number of unbranched alkanes of at least 4 members (excludes halogenated alkanes) is 15. The Kier molecular flexibility index (Phi) is 25.4. The maximum absolute atomic E-state index is 12.6. The molecule has 6 atom stereocenters. The van der Waals surface area contributed by atoms with Gasteiger partial charge in [-0.1, -0.05) is 109 Å². The first-order chi connectivity index (χ1) is 21.0. The maximum Gasteiger partial charge on any atom is 0.306 e. The quantitative estimate of drug-likeness (QED) is 0.0483. The number of carbonyl (C=O) groups excluding carboxylic acids is 1. The summed E-state index contributed by atoms with van der Waals surface area (Å²) >= 11 is 0. The van der Waals surface area contributed by atoms with Gasteiger partial charge < -0.3 is 34.3 Å². The van der Waals surface area contributed by atoms with Gasteiger partial charge in [0.1, 0.15) is 18.3 Å². The van der Waals surface area contributed by atoms with Crippen molar-refractivity contribution in [2.75, 3.05) is 20.3 Å². The van der Waals surface area contributed by atoms with Crippen LogP contribution in [0.15, 0.2) is 12.2 Å². The van der Waals surface area contributed by atoms with Gasteiger partial charge in [0.2, 0.25) is 0 Å². The topological polar surface area (TPSA) is 115 Å². The van der Waals surface area contributed by atoms with Gasteiger partial charge in [0, 0.05) is 20.1 Å². The van der Waals surface area contributed by atoms with Crippen molar-refractivity contribution >= 4 is 5.97 Å². The maximum atomic E-state index is 12.6. The van der Waals surface area contributed by atoms with Crippen LogP contribution in [0.25, 0.3) is 0 Å². The smallest absolute Gasteiger partial charge is 0.306 e. The standard InChI is InChI=1S/C35H66O8/c1-4-6-8-10-11-12-13-14-15-16-17-18-19-21-23-25-31(37)43-34-33(32(38)30(28-36)42-35(34)39)41-27-26-29(40-3)24-22-20-9-7-5-2/h12-13,29-30,32-36,38-39H,4-11,14-28H2,1-3H3/b13-12-/t29-,30+,32+,33-,34+,35-/m0/s1. The van der Waals surface area contributed by atoms with Crippen LogP contribution in [0.2, 0.25) is 0 Å². The molecule has 43 heavy (non-hydrogen) atoms. The molecule has 1 saturated heterocycles. The normalized spacial score (nSPS) is 23.2. The minimum Gasteiger partial charge on any atom is -0.454 e. The van der Waals surface area contributed by atoms with Crippen molar-refractivity contribution in [3.8, 4) is 0 Å². The molecule has 0 aromatic rings. The molecule has 0 aliphatic carbocycles. The van der Waals surface area contributed by atoms with Gasteiger partial charge in [-0.3, -0.25) is 4.79 Å². The molecule has 0 saturated carbocycles. The minimum atomic E-state index is -1.48. The summed E-state index contributed by atoms with van der Waals surface area (Å²) in [5.41, 5.74) is 0. The zero-order valence-electron chi connectivity index (χ0n) is 27.8. The van der Waals surface area contributed by atoms with E-state index in [4.69, 9.17) is 18.9 Å². The van der Waals surface area contributed by atoms with Crippen LogP contribution in [0.4, 0.5) is 0 Å². The van der Waals surface area contributed by atoms with E-state index < -0.39 is 43.3 Å². The summed E-state index contributed by atoms with van der Waals surface area (Å²) in [6, 6.07) is 0. The molecule has 1 aliphatic heterocycles. The minimum absolute atomic E-state index is 0.0279. The fourth-order valence-corrected chi connectivity index (χ4v) is 5.62. The number of ether oxygens (including phenoxy) is 4. The first-order valence-corrected chi connectivity index (χ1v) is 17.6. The predicted molar refractivity (Wildman–Crippen MR) is 172 cm³/mol. The Labute approximate surface area is 262 Å². The zero-order valence-corrected chi connectivity index (χ0v) is 27.8. The van der Waals surface area contributed by atoms with E-state index in [2.05, 4.69) is 26.0 Å². The predicted octanol–water partition coefficient (Wildman–Crippen LogP) is 7.16. The Bertz CT molecular complexity index is 672. The summed E-state index contributed by atoms with van der Waals surface area (Å²) in [4.78, 5) is 12.6. The van der Waals surface area contributed by atoms with E-state index in [1.807, 2.05) is 0 Å². The van der Waals surface area contributed by atoms with Crippen LogP contribution in [0.3, 0.4) is 0 Å². The van der Waals surface area contributed by atoms with Gasteiger partial charge in [0.15, 0.2) is 12.4 Å². The van der Waals surface area contributed by atoms with Gasteiger partial charge in [-0.25, -0.2) is 0 Å². The fraction of sp³-hybridized carbons (Fsp3) is 0.914. The highest BCUT2D eigenvalue weighted by Gasteiger charge is 2.47. The highest BCUT2D eigenvalue weighted by atomic mass is 16.7. The number of methoxy groups -OCH3 is 1. The molecule has 0 unspecified atom stereocenters. The zero-order chi connectivity index (χ0) is 31.5. The summed E-state index contributed by atoms with van der Waals surface area (Å²) in [6.45, 7) is 4.23. The van der Waals surface area contributed by atoms with Crippen molar-refractivity contribution in [1.29, 1.82) is 0 Å². The lowest BCUT2D eigenvalue weighted by Gasteiger charge is -2.41. The molecule has 1 aliphatic rings. The second-order valence-electron chi connectivity index (χ2n) is 12.2. The molecule has 0 spiro atoms. The first-order valence-electron chi connectivity index (χ1n) is 17.6. The molecular formula is C35H66O8. The number of rotatable bonds is 28. The largest absolute Gasteiger partial charge is 0.454 e. The van der Waals surface area contributed by atoms with Gasteiger partial charge in [-0.2, -0.15) is 0 Å². The molecule has 1 heterocycles. The van der Waals surface area contributed by atoms with Crippen LogP contribution in [0.5, 0.6) is 0 Å². The van der Waals surface area contributed by atoms with E-state index in [1.54, 1.807) is 7.11 Å². The molecule has 0 aromatic heterocycles. The third-order valence-electron chi connectivity index (χ3n) is 8.44. The Morgan fingerprint density at radius 2 is 1.33 bits per heavy atom. The van der Waals surface area contributed by atoms with Crippen molar-refractivity contribution in [1.82, 2.24) is 0 Å². The lowest BCUT2D eigenvalue weighted by molar-refractivity contribution is -0.298. The van der Waals surface area contributed by atoms with Gasteiger partial charge in [-0.05, 0) is 44.9 Å². The van der Waals surface area contributed by atoms with E-state index in [-0.39, 0.29) is 19.1 Å². The number of aliphatic hydroxyl groups excluding tert-OH is 3. The molecule has 3 N–H and O–H groups in total. The van der Waals surface area contributed by atoms with Crippen LogP contribution in [-0.4, -0.2) is 78.4 Å². The van der Waals surface area contributed by atoms with Crippen molar-refractivity contribution in [2.45, 2.75) is 185 Å². The number of allylic oxidation sites excluding steroid dienone is 2. The third-order valence-corrected chi connectivity index (χ3v) is 8.44. The fourth-order valence-electron chi connectivity index (χ4n) is 5.62. The van der Waals surface area contributed by atoms with Crippen LogP contribution >= 0.6 is 0 Å². The van der Waals surface area contributed by atoms with E-state index in [0.717, 1.165) is 32.1 Å². The van der Waals surface area contributed by atoms with Gasteiger partial charge >= 0.3 is 5.97 Å². The van der Waals surface area contributed by atoms with Crippen LogP contribution < -0.4 is 0 Å². The first kappa shape index (κ1) is 40.0. The lowest BCUT2D eigenvalue weighted by atomic mass is 9.98. The van der Waals surface area contributed by atoms with Crippen molar-refractivity contribution in [2.24, 2.45) is 0 Å². The highest BCUT2D eigenvalue weighted by Crippen LogP contribution is 2.26. The Morgan fingerprint density at radius 1 is 0.767 bits per heavy atom. The second kappa shape index (κ2) is 27.3. The lowest BCUT2D eigenvalue weighted by Crippen LogP contribution is -2.60. The summed E-state index contributed by atoms with van der Waals surface area (Å²) in [6.07, 6.45) is 21.8. The molecule has 8 nitrogen and oxygen atoms in total. The van der Waals surface area contributed by atoms with Crippen molar-refractivity contribution < 1.29 is 39.1 Å².